The van der Waals surface area contributed by atoms with E-state index in [1.54, 1.807) is 7.11 Å². The third-order valence-corrected chi connectivity index (χ3v) is 2.80. The van der Waals surface area contributed by atoms with Crippen LogP contribution in [0.2, 0.25) is 0 Å². The summed E-state index contributed by atoms with van der Waals surface area (Å²) in [7, 11) is 1.71. The molecular formula is C13H20ClNO. The smallest absolute Gasteiger partial charge is 0.122 e. The van der Waals surface area contributed by atoms with E-state index in [2.05, 4.69) is 38.2 Å². The third-order valence-electron chi connectivity index (χ3n) is 2.61. The van der Waals surface area contributed by atoms with Crippen molar-refractivity contribution in [2.24, 2.45) is 0 Å². The standard InChI is InChI=1S/C13H20ClNO/c1-9(2)11-8-12(15-6-5-14)10(3)7-13(11)16-4/h7-9,15H,5-6H2,1-4H3. The molecule has 0 unspecified atom stereocenters. The fourth-order valence-corrected chi connectivity index (χ4v) is 1.79. The molecule has 1 aromatic carbocycles. The Bertz CT molecular complexity index is 350. The van der Waals surface area contributed by atoms with Crippen molar-refractivity contribution in [3.05, 3.63) is 23.3 Å². The predicted octanol–water partition coefficient (Wildman–Crippen LogP) is 3.78. The summed E-state index contributed by atoms with van der Waals surface area (Å²) >= 11 is 5.68. The fraction of sp³-hybridized carbons (Fsp3) is 0.538. The minimum Gasteiger partial charge on any atom is -0.496 e. The van der Waals surface area contributed by atoms with Gasteiger partial charge in [-0.2, -0.15) is 0 Å². The number of hydrogen-bond donors (Lipinski definition) is 1. The summed E-state index contributed by atoms with van der Waals surface area (Å²) in [6.07, 6.45) is 0. The second-order valence-corrected chi connectivity index (χ2v) is 4.56. The highest BCUT2D eigenvalue weighted by Crippen LogP contribution is 2.31. The molecule has 0 amide bonds. The number of nitrogens with one attached hydrogen (secondary N) is 1. The van der Waals surface area contributed by atoms with E-state index in [-0.39, 0.29) is 0 Å². The molecule has 90 valence electrons. The van der Waals surface area contributed by atoms with Crippen LogP contribution < -0.4 is 10.1 Å². The molecule has 0 heterocycles. The number of alkyl halides is 1. The number of anilines is 1. The molecule has 1 aromatic rings. The average molecular weight is 242 g/mol. The van der Waals surface area contributed by atoms with E-state index >= 15 is 0 Å². The van der Waals surface area contributed by atoms with Gasteiger partial charge in [-0.15, -0.1) is 11.6 Å². The van der Waals surface area contributed by atoms with Crippen molar-refractivity contribution >= 4 is 17.3 Å². The maximum atomic E-state index is 5.68. The van der Waals surface area contributed by atoms with Gasteiger partial charge in [0.25, 0.3) is 0 Å². The van der Waals surface area contributed by atoms with Gasteiger partial charge in [-0.3, -0.25) is 0 Å². The Balaban J connectivity index is 3.06. The van der Waals surface area contributed by atoms with E-state index in [0.29, 0.717) is 11.8 Å². The molecule has 0 aliphatic rings. The Kier molecular flexibility index (Phi) is 4.94. The molecule has 1 N–H and O–H groups in total. The Morgan fingerprint density at radius 2 is 2.06 bits per heavy atom. The number of methoxy groups -OCH3 is 1. The van der Waals surface area contributed by atoms with Crippen molar-refractivity contribution in [3.8, 4) is 5.75 Å². The van der Waals surface area contributed by atoms with Crippen molar-refractivity contribution in [1.29, 1.82) is 0 Å². The number of halogens is 1. The number of hydrogen-bond acceptors (Lipinski definition) is 2. The van der Waals surface area contributed by atoms with Crippen LogP contribution in [0.5, 0.6) is 5.75 Å². The summed E-state index contributed by atoms with van der Waals surface area (Å²) in [5.41, 5.74) is 3.56. The molecule has 0 atom stereocenters. The summed E-state index contributed by atoms with van der Waals surface area (Å²) in [5, 5.41) is 3.32. The van der Waals surface area contributed by atoms with E-state index in [4.69, 9.17) is 16.3 Å². The van der Waals surface area contributed by atoms with Gasteiger partial charge in [-0.25, -0.2) is 0 Å². The first-order valence-corrected chi connectivity index (χ1v) is 6.12. The van der Waals surface area contributed by atoms with Crippen LogP contribution in [-0.4, -0.2) is 19.5 Å². The second kappa shape index (κ2) is 6.00. The molecule has 0 bridgehead atoms. The zero-order valence-corrected chi connectivity index (χ0v) is 11.2. The van der Waals surface area contributed by atoms with Crippen molar-refractivity contribution in [2.75, 3.05) is 24.9 Å². The lowest BCUT2D eigenvalue weighted by molar-refractivity contribution is 0.407. The molecule has 0 fully saturated rings. The molecule has 0 aromatic heterocycles. The largest absolute Gasteiger partial charge is 0.496 e. The van der Waals surface area contributed by atoms with E-state index < -0.39 is 0 Å². The first-order valence-electron chi connectivity index (χ1n) is 5.58. The van der Waals surface area contributed by atoms with Gasteiger partial charge >= 0.3 is 0 Å². The molecular weight excluding hydrogens is 222 g/mol. The maximum absolute atomic E-state index is 5.68. The Morgan fingerprint density at radius 1 is 1.38 bits per heavy atom. The van der Waals surface area contributed by atoms with Crippen molar-refractivity contribution in [2.45, 2.75) is 26.7 Å². The molecule has 3 heteroatoms. The van der Waals surface area contributed by atoms with Crippen LogP contribution in [0, 0.1) is 6.92 Å². The summed E-state index contributed by atoms with van der Waals surface area (Å²) in [6.45, 7) is 7.19. The summed E-state index contributed by atoms with van der Waals surface area (Å²) < 4.78 is 5.39. The van der Waals surface area contributed by atoms with E-state index in [9.17, 15) is 0 Å². The summed E-state index contributed by atoms with van der Waals surface area (Å²) in [6, 6.07) is 4.23. The third kappa shape index (κ3) is 3.05. The van der Waals surface area contributed by atoms with E-state index in [1.165, 1.54) is 11.1 Å². The predicted molar refractivity (Wildman–Crippen MR) is 71.0 cm³/mol. The molecule has 0 spiro atoms. The lowest BCUT2D eigenvalue weighted by Gasteiger charge is -2.16. The van der Waals surface area contributed by atoms with Gasteiger partial charge in [0.1, 0.15) is 5.75 Å². The molecule has 0 aliphatic heterocycles. The topological polar surface area (TPSA) is 21.3 Å². The minimum absolute atomic E-state index is 0.451. The monoisotopic (exact) mass is 241 g/mol. The van der Waals surface area contributed by atoms with Crippen molar-refractivity contribution < 1.29 is 4.74 Å². The van der Waals surface area contributed by atoms with Crippen LogP contribution in [0.1, 0.15) is 30.9 Å². The van der Waals surface area contributed by atoms with E-state index in [1.807, 2.05) is 0 Å². The minimum atomic E-state index is 0.451. The fourth-order valence-electron chi connectivity index (χ4n) is 1.70. The molecule has 0 saturated heterocycles. The summed E-state index contributed by atoms with van der Waals surface area (Å²) in [4.78, 5) is 0. The molecule has 0 aliphatic carbocycles. The second-order valence-electron chi connectivity index (χ2n) is 4.18. The SMILES string of the molecule is COc1cc(C)c(NCCCl)cc1C(C)C. The first kappa shape index (κ1) is 13.2. The maximum Gasteiger partial charge on any atom is 0.122 e. The highest BCUT2D eigenvalue weighted by atomic mass is 35.5. The van der Waals surface area contributed by atoms with Gasteiger partial charge in [0.15, 0.2) is 0 Å². The van der Waals surface area contributed by atoms with Gasteiger partial charge < -0.3 is 10.1 Å². The van der Waals surface area contributed by atoms with Crippen LogP contribution in [0.3, 0.4) is 0 Å². The molecule has 0 saturated carbocycles. The van der Waals surface area contributed by atoms with Crippen molar-refractivity contribution in [3.63, 3.8) is 0 Å². The number of aryl methyl sites for hydroxylation is 1. The van der Waals surface area contributed by atoms with Crippen LogP contribution in [0.4, 0.5) is 5.69 Å². The van der Waals surface area contributed by atoms with Gasteiger partial charge in [0.05, 0.1) is 7.11 Å². The number of ether oxygens (including phenoxy) is 1. The Labute approximate surface area is 103 Å². The number of rotatable bonds is 5. The lowest BCUT2D eigenvalue weighted by atomic mass is 9.99. The van der Waals surface area contributed by atoms with Crippen LogP contribution in [-0.2, 0) is 0 Å². The molecule has 1 rings (SSSR count). The van der Waals surface area contributed by atoms with Gasteiger partial charge in [0.2, 0.25) is 0 Å². The van der Waals surface area contributed by atoms with Crippen LogP contribution in [0.25, 0.3) is 0 Å². The first-order chi connectivity index (χ1) is 7.60. The normalized spacial score (nSPS) is 10.6. The van der Waals surface area contributed by atoms with Gasteiger partial charge in [0, 0.05) is 18.1 Å². The highest BCUT2D eigenvalue weighted by molar-refractivity contribution is 6.18. The highest BCUT2D eigenvalue weighted by Gasteiger charge is 2.10. The zero-order chi connectivity index (χ0) is 12.1. The van der Waals surface area contributed by atoms with Gasteiger partial charge in [-0.05, 0) is 36.1 Å². The van der Waals surface area contributed by atoms with Crippen LogP contribution in [0.15, 0.2) is 12.1 Å². The zero-order valence-electron chi connectivity index (χ0n) is 10.4. The summed E-state index contributed by atoms with van der Waals surface area (Å²) in [5.74, 6) is 2.03. The Hall–Kier alpha value is -0.890. The average Bonchev–Trinajstić information content (AvgIpc) is 2.26. The lowest BCUT2D eigenvalue weighted by Crippen LogP contribution is -2.06. The van der Waals surface area contributed by atoms with Crippen molar-refractivity contribution in [1.82, 2.24) is 0 Å². The molecule has 2 nitrogen and oxygen atoms in total. The van der Waals surface area contributed by atoms with Crippen LogP contribution >= 0.6 is 11.6 Å². The molecule has 0 radical (unpaired) electrons. The van der Waals surface area contributed by atoms with E-state index in [0.717, 1.165) is 18.0 Å². The number of benzene rings is 1. The van der Waals surface area contributed by atoms with Gasteiger partial charge in [-0.1, -0.05) is 13.8 Å². The Morgan fingerprint density at radius 3 is 2.56 bits per heavy atom. The molecule has 16 heavy (non-hydrogen) atoms. The quantitative estimate of drug-likeness (QED) is 0.793.